The van der Waals surface area contributed by atoms with E-state index in [1.54, 1.807) is 0 Å². The van der Waals surface area contributed by atoms with Gasteiger partial charge in [-0.15, -0.1) is 0 Å². The number of nitro groups is 1. The van der Waals surface area contributed by atoms with Crippen LogP contribution >= 0.6 is 0 Å². The summed E-state index contributed by atoms with van der Waals surface area (Å²) in [7, 11) is 0. The summed E-state index contributed by atoms with van der Waals surface area (Å²) in [4.78, 5) is 15.3. The van der Waals surface area contributed by atoms with Crippen molar-refractivity contribution in [2.24, 2.45) is 10.9 Å². The van der Waals surface area contributed by atoms with Crippen LogP contribution in [0.5, 0.6) is 0 Å². The Morgan fingerprint density at radius 2 is 2.11 bits per heavy atom. The SMILES string of the molecule is CC1(C)COC(C(CC2CCCCC2)[N+](=O)[O-])=N1. The van der Waals surface area contributed by atoms with E-state index in [-0.39, 0.29) is 10.5 Å². The van der Waals surface area contributed by atoms with E-state index in [0.29, 0.717) is 24.8 Å². The van der Waals surface area contributed by atoms with E-state index in [4.69, 9.17) is 4.74 Å². The average molecular weight is 254 g/mol. The number of hydrogen-bond donors (Lipinski definition) is 0. The molecule has 5 nitrogen and oxygen atoms in total. The molecule has 1 atom stereocenters. The molecule has 0 aromatic heterocycles. The summed E-state index contributed by atoms with van der Waals surface area (Å²) in [6, 6.07) is -0.741. The van der Waals surface area contributed by atoms with Gasteiger partial charge in [0.25, 0.3) is 11.9 Å². The predicted octanol–water partition coefficient (Wildman–Crippen LogP) is 2.81. The van der Waals surface area contributed by atoms with Gasteiger partial charge in [0.15, 0.2) is 0 Å². The zero-order valence-electron chi connectivity index (χ0n) is 11.2. The van der Waals surface area contributed by atoms with Gasteiger partial charge in [0.1, 0.15) is 6.61 Å². The Morgan fingerprint density at radius 1 is 1.44 bits per heavy atom. The molecule has 1 fully saturated rings. The summed E-state index contributed by atoms with van der Waals surface area (Å²) in [5, 5.41) is 11.2. The van der Waals surface area contributed by atoms with E-state index in [2.05, 4.69) is 4.99 Å². The average Bonchev–Trinajstić information content (AvgIpc) is 2.67. The van der Waals surface area contributed by atoms with Crippen molar-refractivity contribution in [1.29, 1.82) is 0 Å². The zero-order chi connectivity index (χ0) is 13.2. The number of nitrogens with zero attached hydrogens (tertiary/aromatic N) is 2. The first-order valence-electron chi connectivity index (χ1n) is 6.84. The smallest absolute Gasteiger partial charge is 0.287 e. The maximum Gasteiger partial charge on any atom is 0.287 e. The molecule has 0 N–H and O–H groups in total. The molecule has 5 heteroatoms. The Morgan fingerprint density at radius 3 is 2.61 bits per heavy atom. The molecule has 102 valence electrons. The fourth-order valence-corrected chi connectivity index (χ4v) is 2.80. The normalized spacial score (nSPS) is 25.3. The zero-order valence-corrected chi connectivity index (χ0v) is 11.2. The first-order chi connectivity index (χ1) is 8.48. The van der Waals surface area contributed by atoms with Gasteiger partial charge >= 0.3 is 0 Å². The summed E-state index contributed by atoms with van der Waals surface area (Å²) >= 11 is 0. The third-order valence-corrected chi connectivity index (χ3v) is 3.81. The van der Waals surface area contributed by atoms with Gasteiger partial charge in [-0.2, -0.15) is 0 Å². The Bertz CT molecular complexity index is 346. The predicted molar refractivity (Wildman–Crippen MR) is 69.4 cm³/mol. The summed E-state index contributed by atoms with van der Waals surface area (Å²) in [6.45, 7) is 4.34. The van der Waals surface area contributed by atoms with Crippen LogP contribution < -0.4 is 0 Å². The van der Waals surface area contributed by atoms with Crippen molar-refractivity contribution in [1.82, 2.24) is 0 Å². The second kappa shape index (κ2) is 5.24. The van der Waals surface area contributed by atoms with Crippen LogP contribution in [-0.2, 0) is 4.74 Å². The molecular weight excluding hydrogens is 232 g/mol. The maximum absolute atomic E-state index is 11.2. The molecule has 0 radical (unpaired) electrons. The highest BCUT2D eigenvalue weighted by molar-refractivity contribution is 5.82. The third kappa shape index (κ3) is 3.21. The minimum atomic E-state index is -0.741. The fourth-order valence-electron chi connectivity index (χ4n) is 2.80. The number of aliphatic imine (C=N–C) groups is 1. The molecule has 0 aromatic rings. The van der Waals surface area contributed by atoms with Crippen molar-refractivity contribution in [2.45, 2.75) is 64.0 Å². The molecule has 0 saturated heterocycles. The van der Waals surface area contributed by atoms with E-state index in [9.17, 15) is 10.1 Å². The van der Waals surface area contributed by atoms with Crippen LogP contribution in [0.3, 0.4) is 0 Å². The molecule has 0 aromatic carbocycles. The lowest BCUT2D eigenvalue weighted by Gasteiger charge is -2.22. The topological polar surface area (TPSA) is 64.7 Å². The first kappa shape index (κ1) is 13.3. The van der Waals surface area contributed by atoms with Crippen LogP contribution in [0.1, 0.15) is 52.4 Å². The summed E-state index contributed by atoms with van der Waals surface area (Å²) in [6.07, 6.45) is 6.48. The van der Waals surface area contributed by atoms with Gasteiger partial charge < -0.3 is 4.74 Å². The van der Waals surface area contributed by atoms with Crippen LogP contribution in [0.4, 0.5) is 0 Å². The fraction of sp³-hybridized carbons (Fsp3) is 0.923. The molecule has 0 amide bonds. The Hall–Kier alpha value is -1.13. The lowest BCUT2D eigenvalue weighted by molar-refractivity contribution is -0.507. The lowest BCUT2D eigenvalue weighted by atomic mass is 9.85. The van der Waals surface area contributed by atoms with Crippen LogP contribution in [0.15, 0.2) is 4.99 Å². The van der Waals surface area contributed by atoms with Crippen LogP contribution in [0, 0.1) is 16.0 Å². The standard InChI is InChI=1S/C13H22N2O3/c1-13(2)9-18-12(14-13)11(15(16)17)8-10-6-4-3-5-7-10/h10-11H,3-9H2,1-2H3. The molecule has 1 saturated carbocycles. The monoisotopic (exact) mass is 254 g/mol. The third-order valence-electron chi connectivity index (χ3n) is 3.81. The molecule has 1 aliphatic heterocycles. The van der Waals surface area contributed by atoms with Gasteiger partial charge in [0, 0.05) is 11.3 Å². The van der Waals surface area contributed by atoms with Crippen LogP contribution in [-0.4, -0.2) is 29.0 Å². The Labute approximate surface area is 108 Å². The molecule has 2 rings (SSSR count). The van der Waals surface area contributed by atoms with Crippen LogP contribution in [0.25, 0.3) is 0 Å². The van der Waals surface area contributed by atoms with Gasteiger partial charge in [0.05, 0.1) is 5.54 Å². The van der Waals surface area contributed by atoms with Crippen LogP contribution in [0.2, 0.25) is 0 Å². The number of rotatable bonds is 4. The first-order valence-corrected chi connectivity index (χ1v) is 6.84. The molecule has 2 aliphatic rings. The second-order valence-corrected chi connectivity index (χ2v) is 6.09. The largest absolute Gasteiger partial charge is 0.473 e. The van der Waals surface area contributed by atoms with Crippen molar-refractivity contribution in [3.8, 4) is 0 Å². The minimum absolute atomic E-state index is 0.227. The molecule has 0 bridgehead atoms. The van der Waals surface area contributed by atoms with Crippen molar-refractivity contribution >= 4 is 5.90 Å². The molecule has 1 aliphatic carbocycles. The van der Waals surface area contributed by atoms with Gasteiger partial charge in [-0.05, 0) is 19.8 Å². The molecule has 1 heterocycles. The van der Waals surface area contributed by atoms with Gasteiger partial charge in [-0.25, -0.2) is 4.99 Å². The summed E-state index contributed by atoms with van der Waals surface area (Å²) in [5.74, 6) is 0.805. The van der Waals surface area contributed by atoms with Gasteiger partial charge in [-0.1, -0.05) is 32.1 Å². The van der Waals surface area contributed by atoms with Crippen molar-refractivity contribution in [3.05, 3.63) is 10.1 Å². The maximum atomic E-state index is 11.2. The van der Waals surface area contributed by atoms with E-state index < -0.39 is 6.04 Å². The summed E-state index contributed by atoms with van der Waals surface area (Å²) in [5.41, 5.74) is -0.309. The molecule has 0 spiro atoms. The van der Waals surface area contributed by atoms with E-state index in [1.165, 1.54) is 19.3 Å². The Balaban J connectivity index is 2.02. The van der Waals surface area contributed by atoms with Gasteiger partial charge in [0.2, 0.25) is 0 Å². The van der Waals surface area contributed by atoms with E-state index in [1.807, 2.05) is 13.8 Å². The molecule has 18 heavy (non-hydrogen) atoms. The summed E-state index contributed by atoms with van der Waals surface area (Å²) < 4.78 is 5.44. The second-order valence-electron chi connectivity index (χ2n) is 6.09. The van der Waals surface area contributed by atoms with Gasteiger partial charge in [-0.3, -0.25) is 10.1 Å². The minimum Gasteiger partial charge on any atom is -0.473 e. The van der Waals surface area contributed by atoms with Crippen molar-refractivity contribution in [3.63, 3.8) is 0 Å². The lowest BCUT2D eigenvalue weighted by Crippen LogP contribution is -2.32. The number of hydrogen-bond acceptors (Lipinski definition) is 4. The van der Waals surface area contributed by atoms with E-state index >= 15 is 0 Å². The molecular formula is C13H22N2O3. The Kier molecular flexibility index (Phi) is 3.88. The highest BCUT2D eigenvalue weighted by atomic mass is 16.6. The quantitative estimate of drug-likeness (QED) is 0.572. The van der Waals surface area contributed by atoms with Crippen molar-refractivity contribution < 1.29 is 9.66 Å². The molecule has 1 unspecified atom stereocenters. The number of ether oxygens (including phenoxy) is 1. The van der Waals surface area contributed by atoms with Crippen molar-refractivity contribution in [2.75, 3.05) is 6.61 Å². The van der Waals surface area contributed by atoms with E-state index in [0.717, 1.165) is 12.8 Å². The highest BCUT2D eigenvalue weighted by Crippen LogP contribution is 2.30. The highest BCUT2D eigenvalue weighted by Gasteiger charge is 2.38.